The molecule has 0 unspecified atom stereocenters. The summed E-state index contributed by atoms with van der Waals surface area (Å²) in [5.41, 5.74) is 0.747. The molecule has 1 heterocycles. The van der Waals surface area contributed by atoms with Crippen LogP contribution in [0.25, 0.3) is 10.9 Å². The van der Waals surface area contributed by atoms with Crippen LogP contribution in [0.1, 0.15) is 34.7 Å². The van der Waals surface area contributed by atoms with Gasteiger partial charge in [-0.15, -0.1) is 0 Å². The van der Waals surface area contributed by atoms with Gasteiger partial charge in [-0.2, -0.15) is 0 Å². The molecule has 98 valence electrons. The summed E-state index contributed by atoms with van der Waals surface area (Å²) in [6, 6.07) is 5.92. The SMILES string of the molecule is CCOC(=O)c1cc(=O)c2cc(C(C)=O)ccc2[nH]1. The maximum Gasteiger partial charge on any atom is 0.354 e. The molecule has 0 atom stereocenters. The second-order valence-electron chi connectivity index (χ2n) is 4.08. The Labute approximate surface area is 109 Å². The molecule has 19 heavy (non-hydrogen) atoms. The van der Waals surface area contributed by atoms with Gasteiger partial charge in [0.15, 0.2) is 11.2 Å². The Bertz CT molecular complexity index is 715. The summed E-state index contributed by atoms with van der Waals surface area (Å²) in [7, 11) is 0. The standard InChI is InChI=1S/C14H13NO4/c1-3-19-14(18)12-7-13(17)10-6-9(8(2)16)4-5-11(10)15-12/h4-7H,3H2,1-2H3,(H,15,17). The van der Waals surface area contributed by atoms with Crippen molar-refractivity contribution >= 4 is 22.7 Å². The van der Waals surface area contributed by atoms with Crippen molar-refractivity contribution < 1.29 is 14.3 Å². The first-order chi connectivity index (χ1) is 9.02. The van der Waals surface area contributed by atoms with Crippen molar-refractivity contribution in [1.82, 2.24) is 4.98 Å². The van der Waals surface area contributed by atoms with Crippen LogP contribution in [0.4, 0.5) is 0 Å². The zero-order valence-corrected chi connectivity index (χ0v) is 10.6. The number of ketones is 1. The highest BCUT2D eigenvalue weighted by atomic mass is 16.5. The molecule has 0 aliphatic carbocycles. The average Bonchev–Trinajstić information content (AvgIpc) is 2.38. The minimum atomic E-state index is -0.572. The third-order valence-corrected chi connectivity index (χ3v) is 2.73. The van der Waals surface area contributed by atoms with Crippen LogP contribution < -0.4 is 5.43 Å². The van der Waals surface area contributed by atoms with Crippen molar-refractivity contribution in [2.24, 2.45) is 0 Å². The van der Waals surface area contributed by atoms with E-state index >= 15 is 0 Å². The number of Topliss-reactive ketones (excluding diaryl/α,β-unsaturated/α-hetero) is 1. The maximum absolute atomic E-state index is 11.9. The normalized spacial score (nSPS) is 10.4. The molecule has 0 saturated heterocycles. The van der Waals surface area contributed by atoms with Gasteiger partial charge < -0.3 is 9.72 Å². The lowest BCUT2D eigenvalue weighted by Gasteiger charge is -2.05. The molecular weight excluding hydrogens is 246 g/mol. The zero-order chi connectivity index (χ0) is 14.0. The minimum absolute atomic E-state index is 0.106. The Balaban J connectivity index is 2.59. The quantitative estimate of drug-likeness (QED) is 0.674. The molecular formula is C14H13NO4. The molecule has 1 N–H and O–H groups in total. The third-order valence-electron chi connectivity index (χ3n) is 2.73. The molecule has 0 aliphatic rings. The third kappa shape index (κ3) is 2.54. The molecule has 0 amide bonds. The van der Waals surface area contributed by atoms with E-state index in [1.807, 2.05) is 0 Å². The Kier molecular flexibility index (Phi) is 3.46. The largest absolute Gasteiger partial charge is 0.461 e. The van der Waals surface area contributed by atoms with Crippen molar-refractivity contribution in [3.63, 3.8) is 0 Å². The van der Waals surface area contributed by atoms with Crippen LogP contribution in [-0.2, 0) is 4.74 Å². The number of fused-ring (bicyclic) bond motifs is 1. The molecule has 0 bridgehead atoms. The molecule has 2 rings (SSSR count). The van der Waals surface area contributed by atoms with E-state index < -0.39 is 5.97 Å². The predicted molar refractivity (Wildman–Crippen MR) is 70.5 cm³/mol. The zero-order valence-electron chi connectivity index (χ0n) is 10.6. The fourth-order valence-corrected chi connectivity index (χ4v) is 1.78. The van der Waals surface area contributed by atoms with Crippen LogP contribution in [0.15, 0.2) is 29.1 Å². The molecule has 0 spiro atoms. The van der Waals surface area contributed by atoms with Crippen molar-refractivity contribution in [3.8, 4) is 0 Å². The number of aromatic amines is 1. The fourth-order valence-electron chi connectivity index (χ4n) is 1.78. The van der Waals surface area contributed by atoms with Crippen LogP contribution >= 0.6 is 0 Å². The summed E-state index contributed by atoms with van der Waals surface area (Å²) in [4.78, 5) is 37.6. The number of benzene rings is 1. The molecule has 0 saturated carbocycles. The van der Waals surface area contributed by atoms with E-state index in [0.29, 0.717) is 16.5 Å². The number of ether oxygens (including phenoxy) is 1. The van der Waals surface area contributed by atoms with Crippen molar-refractivity contribution in [2.45, 2.75) is 13.8 Å². The van der Waals surface area contributed by atoms with Gasteiger partial charge in [0.05, 0.1) is 6.61 Å². The first-order valence-corrected chi connectivity index (χ1v) is 5.88. The predicted octanol–water partition coefficient (Wildman–Crippen LogP) is 1.91. The van der Waals surface area contributed by atoms with Gasteiger partial charge in [-0.3, -0.25) is 9.59 Å². The summed E-state index contributed by atoms with van der Waals surface area (Å²) in [5.74, 6) is -0.687. The summed E-state index contributed by atoms with van der Waals surface area (Å²) in [6.07, 6.45) is 0. The number of hydrogen-bond acceptors (Lipinski definition) is 4. The van der Waals surface area contributed by atoms with E-state index in [2.05, 4.69) is 4.98 Å². The summed E-state index contributed by atoms with van der Waals surface area (Å²) in [5, 5.41) is 0.376. The number of pyridine rings is 1. The number of H-pyrrole nitrogens is 1. The van der Waals surface area contributed by atoms with E-state index in [0.717, 1.165) is 0 Å². The van der Waals surface area contributed by atoms with Gasteiger partial charge >= 0.3 is 5.97 Å². The van der Waals surface area contributed by atoms with Gasteiger partial charge in [0.25, 0.3) is 0 Å². The smallest absolute Gasteiger partial charge is 0.354 e. The number of esters is 1. The highest BCUT2D eigenvalue weighted by Crippen LogP contribution is 2.12. The molecule has 2 aromatic rings. The van der Waals surface area contributed by atoms with Crippen LogP contribution in [0, 0.1) is 0 Å². The maximum atomic E-state index is 11.9. The van der Waals surface area contributed by atoms with Gasteiger partial charge in [0.2, 0.25) is 0 Å². The summed E-state index contributed by atoms with van der Waals surface area (Å²) in [6.45, 7) is 3.36. The molecule has 0 aliphatic heterocycles. The number of nitrogens with one attached hydrogen (secondary N) is 1. The number of carbonyl (C=O) groups excluding carboxylic acids is 2. The molecule has 0 radical (unpaired) electrons. The van der Waals surface area contributed by atoms with E-state index in [-0.39, 0.29) is 23.5 Å². The number of rotatable bonds is 3. The highest BCUT2D eigenvalue weighted by molar-refractivity contribution is 5.98. The highest BCUT2D eigenvalue weighted by Gasteiger charge is 2.11. The topological polar surface area (TPSA) is 76.2 Å². The average molecular weight is 259 g/mol. The lowest BCUT2D eigenvalue weighted by atomic mass is 10.1. The van der Waals surface area contributed by atoms with E-state index in [4.69, 9.17) is 4.74 Å². The molecule has 1 aromatic carbocycles. The summed E-state index contributed by atoms with van der Waals surface area (Å²) >= 11 is 0. The van der Waals surface area contributed by atoms with Crippen molar-refractivity contribution in [2.75, 3.05) is 6.61 Å². The van der Waals surface area contributed by atoms with E-state index in [1.165, 1.54) is 19.1 Å². The lowest BCUT2D eigenvalue weighted by molar-refractivity contribution is 0.0519. The van der Waals surface area contributed by atoms with Gasteiger partial charge in [-0.05, 0) is 32.0 Å². The van der Waals surface area contributed by atoms with E-state index in [9.17, 15) is 14.4 Å². The van der Waals surface area contributed by atoms with Crippen LogP contribution in [0.2, 0.25) is 0 Å². The molecule has 5 nitrogen and oxygen atoms in total. The van der Waals surface area contributed by atoms with Crippen molar-refractivity contribution in [1.29, 1.82) is 0 Å². The second-order valence-corrected chi connectivity index (χ2v) is 4.08. The van der Waals surface area contributed by atoms with E-state index in [1.54, 1.807) is 19.1 Å². The van der Waals surface area contributed by atoms with Crippen LogP contribution in [-0.4, -0.2) is 23.3 Å². The van der Waals surface area contributed by atoms with Crippen molar-refractivity contribution in [3.05, 3.63) is 45.7 Å². The van der Waals surface area contributed by atoms with Crippen LogP contribution in [0.3, 0.4) is 0 Å². The Morgan fingerprint density at radius 1 is 1.26 bits per heavy atom. The molecule has 1 aromatic heterocycles. The van der Waals surface area contributed by atoms with Gasteiger partial charge in [-0.25, -0.2) is 4.79 Å². The van der Waals surface area contributed by atoms with Crippen LogP contribution in [0.5, 0.6) is 0 Å². The monoisotopic (exact) mass is 259 g/mol. The number of carbonyl (C=O) groups is 2. The van der Waals surface area contributed by atoms with Gasteiger partial charge in [0, 0.05) is 22.5 Å². The Hall–Kier alpha value is -2.43. The minimum Gasteiger partial charge on any atom is -0.461 e. The first-order valence-electron chi connectivity index (χ1n) is 5.88. The van der Waals surface area contributed by atoms with Gasteiger partial charge in [-0.1, -0.05) is 0 Å². The van der Waals surface area contributed by atoms with Gasteiger partial charge in [0.1, 0.15) is 5.69 Å². The Morgan fingerprint density at radius 2 is 2.00 bits per heavy atom. The Morgan fingerprint density at radius 3 is 2.63 bits per heavy atom. The summed E-state index contributed by atoms with van der Waals surface area (Å²) < 4.78 is 4.83. The number of hydrogen-bond donors (Lipinski definition) is 1. The first kappa shape index (κ1) is 13.0. The molecule has 0 fully saturated rings. The number of aromatic nitrogens is 1. The molecule has 5 heteroatoms. The fraction of sp³-hybridized carbons (Fsp3) is 0.214. The second kappa shape index (κ2) is 5.06. The lowest BCUT2D eigenvalue weighted by Crippen LogP contribution is -2.13.